The minimum Gasteiger partial charge on any atom is -0.495 e. The predicted molar refractivity (Wildman–Crippen MR) is 117 cm³/mol. The number of ether oxygens (including phenoxy) is 1. The molecule has 1 fully saturated rings. The van der Waals surface area contributed by atoms with Crippen molar-refractivity contribution in [1.29, 1.82) is 0 Å². The summed E-state index contributed by atoms with van der Waals surface area (Å²) in [6.07, 6.45) is 1.63. The average molecular weight is 467 g/mol. The molecule has 0 aromatic heterocycles. The third-order valence-electron chi connectivity index (χ3n) is 5.57. The fraction of sp³-hybridized carbons (Fsp3) is 0.381. The van der Waals surface area contributed by atoms with E-state index in [1.807, 2.05) is 0 Å². The first-order valence-corrected chi connectivity index (χ1v) is 12.7. The lowest BCUT2D eigenvalue weighted by atomic mass is 10.1. The van der Waals surface area contributed by atoms with Crippen molar-refractivity contribution < 1.29 is 26.4 Å². The second-order valence-corrected chi connectivity index (χ2v) is 12.0. The van der Waals surface area contributed by atoms with Crippen LogP contribution in [0.5, 0.6) is 5.75 Å². The Morgan fingerprint density at radius 2 is 1.61 bits per heavy atom. The van der Waals surface area contributed by atoms with Gasteiger partial charge >= 0.3 is 0 Å². The quantitative estimate of drug-likeness (QED) is 0.672. The molecule has 2 aromatic carbocycles. The molecule has 8 nitrogen and oxygen atoms in total. The number of rotatable bonds is 7. The molecule has 31 heavy (non-hydrogen) atoms. The van der Waals surface area contributed by atoms with Crippen LogP contribution < -0.4 is 10.1 Å². The first-order valence-electron chi connectivity index (χ1n) is 9.78. The van der Waals surface area contributed by atoms with Gasteiger partial charge in [-0.3, -0.25) is 4.79 Å². The lowest BCUT2D eigenvalue weighted by Gasteiger charge is -2.28. The molecule has 1 aliphatic rings. The van der Waals surface area contributed by atoms with Crippen LogP contribution >= 0.6 is 0 Å². The zero-order valence-corrected chi connectivity index (χ0v) is 19.3. The molecular formula is C21H26N2O6S2. The maximum Gasteiger partial charge on any atom is 0.246 e. The summed E-state index contributed by atoms with van der Waals surface area (Å²) >= 11 is 0. The fourth-order valence-electron chi connectivity index (χ4n) is 3.79. The molecular weight excluding hydrogens is 440 g/mol. The van der Waals surface area contributed by atoms with Crippen molar-refractivity contribution in [2.45, 2.75) is 40.2 Å². The van der Waals surface area contributed by atoms with Gasteiger partial charge in [-0.15, -0.1) is 0 Å². The zero-order chi connectivity index (χ0) is 22.9. The molecule has 0 saturated heterocycles. The Hall–Kier alpha value is -2.43. The van der Waals surface area contributed by atoms with Gasteiger partial charge in [-0.1, -0.05) is 31.0 Å². The maximum atomic E-state index is 13.4. The van der Waals surface area contributed by atoms with E-state index in [2.05, 4.69) is 5.32 Å². The molecule has 10 heteroatoms. The van der Waals surface area contributed by atoms with E-state index in [-0.39, 0.29) is 34.1 Å². The lowest BCUT2D eigenvalue weighted by Crippen LogP contribution is -2.47. The summed E-state index contributed by atoms with van der Waals surface area (Å²) in [5, 5.41) is 2.65. The molecule has 1 N–H and O–H groups in total. The van der Waals surface area contributed by atoms with Crippen LogP contribution in [0.4, 0.5) is 5.69 Å². The number of nitrogens with zero attached hydrogens (tertiary/aromatic N) is 1. The van der Waals surface area contributed by atoms with E-state index in [4.69, 9.17) is 4.74 Å². The predicted octanol–water partition coefficient (Wildman–Crippen LogP) is 2.67. The number of sulfonamides is 1. The third kappa shape index (κ3) is 4.07. The van der Waals surface area contributed by atoms with E-state index in [0.29, 0.717) is 12.8 Å². The summed E-state index contributed by atoms with van der Waals surface area (Å²) in [6.45, 7) is 0. The van der Waals surface area contributed by atoms with Crippen LogP contribution in [-0.2, 0) is 24.7 Å². The van der Waals surface area contributed by atoms with Gasteiger partial charge in [-0.05, 0) is 43.2 Å². The Morgan fingerprint density at radius 3 is 2.16 bits per heavy atom. The summed E-state index contributed by atoms with van der Waals surface area (Å²) in [5.41, 5.74) is 0.181. The molecule has 0 bridgehead atoms. The summed E-state index contributed by atoms with van der Waals surface area (Å²) < 4.78 is 56.7. The Morgan fingerprint density at radius 1 is 1.00 bits per heavy atom. The first-order chi connectivity index (χ1) is 14.6. The van der Waals surface area contributed by atoms with Gasteiger partial charge in [0.1, 0.15) is 10.6 Å². The van der Waals surface area contributed by atoms with Gasteiger partial charge in [0, 0.05) is 19.8 Å². The molecule has 0 heterocycles. The van der Waals surface area contributed by atoms with E-state index in [1.54, 1.807) is 18.2 Å². The standard InChI is InChI=1S/C21H26N2O6S2/c1-23(2)31(27,28)19-15-16(11-12-18(19)29-3)22-20(24)21(13-7-8-14-21)30(25,26)17-9-5-4-6-10-17/h4-6,9-12,15H,7-8,13-14H2,1-3H3,(H,22,24). The van der Waals surface area contributed by atoms with Crippen molar-refractivity contribution in [3.63, 3.8) is 0 Å². The molecule has 2 aromatic rings. The van der Waals surface area contributed by atoms with Crippen molar-refractivity contribution in [3.8, 4) is 5.75 Å². The number of nitrogens with one attached hydrogen (secondary N) is 1. The minimum absolute atomic E-state index is 0.0951. The summed E-state index contributed by atoms with van der Waals surface area (Å²) in [6, 6.07) is 12.1. The largest absolute Gasteiger partial charge is 0.495 e. The van der Waals surface area contributed by atoms with Crippen molar-refractivity contribution in [3.05, 3.63) is 48.5 Å². The van der Waals surface area contributed by atoms with Gasteiger partial charge < -0.3 is 10.1 Å². The van der Waals surface area contributed by atoms with Gasteiger partial charge in [0.2, 0.25) is 15.9 Å². The lowest BCUT2D eigenvalue weighted by molar-refractivity contribution is -0.118. The Balaban J connectivity index is 2.01. The van der Waals surface area contributed by atoms with Crippen LogP contribution in [0.15, 0.2) is 58.3 Å². The van der Waals surface area contributed by atoms with Crippen molar-refractivity contribution >= 4 is 31.5 Å². The molecule has 3 rings (SSSR count). The van der Waals surface area contributed by atoms with Gasteiger partial charge in [-0.2, -0.15) is 0 Å². The number of hydrogen-bond donors (Lipinski definition) is 1. The van der Waals surface area contributed by atoms with E-state index < -0.39 is 30.5 Å². The van der Waals surface area contributed by atoms with Gasteiger partial charge in [0.25, 0.3) is 0 Å². The second kappa shape index (κ2) is 8.60. The summed E-state index contributed by atoms with van der Waals surface area (Å²) in [4.78, 5) is 13.3. The topological polar surface area (TPSA) is 110 Å². The minimum atomic E-state index is -3.95. The highest BCUT2D eigenvalue weighted by atomic mass is 32.2. The molecule has 0 atom stereocenters. The monoisotopic (exact) mass is 466 g/mol. The first kappa shape index (κ1) is 23.2. The van der Waals surface area contributed by atoms with Crippen LogP contribution in [0.3, 0.4) is 0 Å². The van der Waals surface area contributed by atoms with Crippen LogP contribution in [0, 0.1) is 0 Å². The van der Waals surface area contributed by atoms with Gasteiger partial charge in [-0.25, -0.2) is 21.1 Å². The highest BCUT2D eigenvalue weighted by Gasteiger charge is 2.53. The Bertz CT molecular complexity index is 1170. The smallest absolute Gasteiger partial charge is 0.246 e. The SMILES string of the molecule is COc1ccc(NC(=O)C2(S(=O)(=O)c3ccccc3)CCCC2)cc1S(=O)(=O)N(C)C. The average Bonchev–Trinajstić information content (AvgIpc) is 3.26. The summed E-state index contributed by atoms with van der Waals surface area (Å²) in [5.74, 6) is -0.536. The van der Waals surface area contributed by atoms with Crippen molar-refractivity contribution in [2.24, 2.45) is 0 Å². The number of carbonyl (C=O) groups excluding carboxylic acids is 1. The van der Waals surface area contributed by atoms with Crippen LogP contribution in [0.1, 0.15) is 25.7 Å². The fourth-order valence-corrected chi connectivity index (χ4v) is 6.95. The number of carbonyl (C=O) groups is 1. The molecule has 1 aliphatic carbocycles. The molecule has 0 radical (unpaired) electrons. The Labute approximate surface area is 183 Å². The molecule has 1 saturated carbocycles. The van der Waals surface area contributed by atoms with Crippen LogP contribution in [0.25, 0.3) is 0 Å². The van der Waals surface area contributed by atoms with Gasteiger partial charge in [0.15, 0.2) is 14.6 Å². The highest BCUT2D eigenvalue weighted by molar-refractivity contribution is 7.93. The maximum absolute atomic E-state index is 13.4. The second-order valence-electron chi connectivity index (χ2n) is 7.63. The Kier molecular flexibility index (Phi) is 6.45. The van der Waals surface area contributed by atoms with E-state index in [9.17, 15) is 21.6 Å². The summed E-state index contributed by atoms with van der Waals surface area (Å²) in [7, 11) is -3.67. The van der Waals surface area contributed by atoms with Crippen molar-refractivity contribution in [1.82, 2.24) is 4.31 Å². The van der Waals surface area contributed by atoms with E-state index in [1.165, 1.54) is 51.5 Å². The van der Waals surface area contributed by atoms with E-state index in [0.717, 1.165) is 4.31 Å². The van der Waals surface area contributed by atoms with Crippen LogP contribution in [-0.4, -0.2) is 53.0 Å². The third-order valence-corrected chi connectivity index (χ3v) is 9.92. The van der Waals surface area contributed by atoms with E-state index >= 15 is 0 Å². The number of sulfone groups is 1. The zero-order valence-electron chi connectivity index (χ0n) is 17.7. The molecule has 0 aliphatic heterocycles. The van der Waals surface area contributed by atoms with Gasteiger partial charge in [0.05, 0.1) is 12.0 Å². The normalized spacial score (nSPS) is 16.3. The number of anilines is 1. The number of amides is 1. The molecule has 168 valence electrons. The van der Waals surface area contributed by atoms with Crippen molar-refractivity contribution in [2.75, 3.05) is 26.5 Å². The number of methoxy groups -OCH3 is 1. The van der Waals surface area contributed by atoms with Crippen LogP contribution in [0.2, 0.25) is 0 Å². The molecule has 0 unspecified atom stereocenters. The molecule has 1 amide bonds. The number of benzene rings is 2. The number of hydrogen-bond acceptors (Lipinski definition) is 6. The molecule has 0 spiro atoms. The highest BCUT2D eigenvalue weighted by Crippen LogP contribution is 2.41.